The van der Waals surface area contributed by atoms with Crippen LogP contribution in [-0.2, 0) is 27.1 Å². The Morgan fingerprint density at radius 2 is 2.29 bits per heavy atom. The van der Waals surface area contributed by atoms with Crippen molar-refractivity contribution >= 4 is 40.1 Å². The summed E-state index contributed by atoms with van der Waals surface area (Å²) in [5.74, 6) is -0.254. The predicted molar refractivity (Wildman–Crippen MR) is 120 cm³/mol. The normalized spacial score (nSPS) is 20.4. The lowest BCUT2D eigenvalue weighted by molar-refractivity contribution is -0.111. The zero-order valence-electron chi connectivity index (χ0n) is 17.1. The van der Waals surface area contributed by atoms with E-state index in [1.54, 1.807) is 18.5 Å². The average Bonchev–Trinajstić information content (AvgIpc) is 3.40. The maximum absolute atomic E-state index is 12.3. The van der Waals surface area contributed by atoms with Gasteiger partial charge >= 0.3 is 6.09 Å². The van der Waals surface area contributed by atoms with Gasteiger partial charge in [-0.05, 0) is 49.0 Å². The third-order valence-electron chi connectivity index (χ3n) is 5.38. The van der Waals surface area contributed by atoms with Crippen LogP contribution in [0.4, 0.5) is 15.5 Å². The second kappa shape index (κ2) is 9.93. The van der Waals surface area contributed by atoms with Gasteiger partial charge in [0.15, 0.2) is 0 Å². The zero-order valence-corrected chi connectivity index (χ0v) is 18.0. The van der Waals surface area contributed by atoms with Crippen molar-refractivity contribution in [2.24, 2.45) is 0 Å². The largest absolute Gasteiger partial charge is 0.446 e. The monoisotopic (exact) mass is 442 g/mol. The van der Waals surface area contributed by atoms with Gasteiger partial charge in [-0.1, -0.05) is 6.07 Å². The molecule has 4 rings (SSSR count). The molecule has 2 aromatic rings. The number of thiophene rings is 1. The minimum atomic E-state index is -0.414. The van der Waals surface area contributed by atoms with Crippen LogP contribution in [0.2, 0.25) is 0 Å². The molecule has 8 nitrogen and oxygen atoms in total. The van der Waals surface area contributed by atoms with Crippen LogP contribution in [0.15, 0.2) is 30.6 Å². The number of nitrogens with zero attached hydrogens (tertiary/aromatic N) is 1. The summed E-state index contributed by atoms with van der Waals surface area (Å²) >= 11 is 1.44. The maximum Gasteiger partial charge on any atom is 0.407 e. The van der Waals surface area contributed by atoms with E-state index in [1.165, 1.54) is 17.4 Å². The summed E-state index contributed by atoms with van der Waals surface area (Å²) < 4.78 is 11.1. The smallest absolute Gasteiger partial charge is 0.407 e. The Morgan fingerprint density at radius 1 is 1.39 bits per heavy atom. The van der Waals surface area contributed by atoms with E-state index in [-0.39, 0.29) is 18.1 Å². The molecule has 2 amide bonds. The van der Waals surface area contributed by atoms with Gasteiger partial charge in [-0.2, -0.15) is 0 Å². The van der Waals surface area contributed by atoms with Gasteiger partial charge in [-0.15, -0.1) is 11.3 Å². The SMILES string of the molecule is Nc1c(NC(=O)/C=C/c2cccnc2)sc2c1CCC(OC(=O)NCC1CCCO1)C2. The third-order valence-corrected chi connectivity index (χ3v) is 6.57. The number of nitrogens with one attached hydrogen (secondary N) is 2. The fourth-order valence-electron chi connectivity index (χ4n) is 3.77. The highest BCUT2D eigenvalue weighted by Gasteiger charge is 2.27. The van der Waals surface area contributed by atoms with Gasteiger partial charge in [0.05, 0.1) is 11.8 Å². The molecule has 1 aliphatic heterocycles. The van der Waals surface area contributed by atoms with Crippen molar-refractivity contribution in [2.45, 2.75) is 44.3 Å². The van der Waals surface area contributed by atoms with Gasteiger partial charge < -0.3 is 25.8 Å². The van der Waals surface area contributed by atoms with E-state index < -0.39 is 6.09 Å². The lowest BCUT2D eigenvalue weighted by Crippen LogP contribution is -2.36. The first-order valence-electron chi connectivity index (χ1n) is 10.4. The molecule has 0 saturated carbocycles. The Kier molecular flexibility index (Phi) is 6.83. The van der Waals surface area contributed by atoms with Gasteiger partial charge in [0.1, 0.15) is 11.1 Å². The van der Waals surface area contributed by atoms with Crippen molar-refractivity contribution in [2.75, 3.05) is 24.2 Å². The minimum Gasteiger partial charge on any atom is -0.446 e. The molecule has 2 unspecified atom stereocenters. The Balaban J connectivity index is 1.30. The van der Waals surface area contributed by atoms with Crippen molar-refractivity contribution in [1.29, 1.82) is 0 Å². The summed E-state index contributed by atoms with van der Waals surface area (Å²) in [7, 11) is 0. The van der Waals surface area contributed by atoms with Gasteiger partial charge in [-0.3, -0.25) is 9.78 Å². The van der Waals surface area contributed by atoms with Gasteiger partial charge in [0, 0.05) is 42.9 Å². The van der Waals surface area contributed by atoms with E-state index in [2.05, 4.69) is 15.6 Å². The van der Waals surface area contributed by atoms with Gasteiger partial charge in [0.2, 0.25) is 5.91 Å². The molecule has 1 saturated heterocycles. The molecule has 164 valence electrons. The average molecular weight is 443 g/mol. The number of nitrogens with two attached hydrogens (primary N) is 1. The molecular weight excluding hydrogens is 416 g/mol. The summed E-state index contributed by atoms with van der Waals surface area (Å²) in [5, 5.41) is 6.28. The number of anilines is 2. The van der Waals surface area contributed by atoms with E-state index in [1.807, 2.05) is 12.1 Å². The summed E-state index contributed by atoms with van der Waals surface area (Å²) in [4.78, 5) is 29.5. The Morgan fingerprint density at radius 3 is 3.06 bits per heavy atom. The van der Waals surface area contributed by atoms with Crippen LogP contribution in [0.25, 0.3) is 6.08 Å². The Bertz CT molecular complexity index is 954. The number of carbonyl (C=O) groups excluding carboxylic acids is 2. The topological polar surface area (TPSA) is 116 Å². The van der Waals surface area contributed by atoms with E-state index in [4.69, 9.17) is 15.2 Å². The van der Waals surface area contributed by atoms with Crippen LogP contribution in [0.1, 0.15) is 35.3 Å². The zero-order chi connectivity index (χ0) is 21.6. The van der Waals surface area contributed by atoms with E-state index >= 15 is 0 Å². The summed E-state index contributed by atoms with van der Waals surface area (Å²) in [6.07, 6.45) is 9.99. The molecule has 2 atom stereocenters. The van der Waals surface area contributed by atoms with Gasteiger partial charge in [0.25, 0.3) is 0 Å². The van der Waals surface area contributed by atoms with E-state index in [0.717, 1.165) is 35.5 Å². The molecule has 0 bridgehead atoms. The van der Waals surface area contributed by atoms with Gasteiger partial charge in [-0.25, -0.2) is 4.79 Å². The lowest BCUT2D eigenvalue weighted by Gasteiger charge is -2.23. The number of nitrogen functional groups attached to an aromatic ring is 1. The van der Waals surface area contributed by atoms with Crippen molar-refractivity contribution in [3.05, 3.63) is 46.6 Å². The fraction of sp³-hybridized carbons (Fsp3) is 0.409. The highest BCUT2D eigenvalue weighted by atomic mass is 32.1. The van der Waals surface area contributed by atoms with E-state index in [0.29, 0.717) is 36.5 Å². The number of pyridine rings is 1. The first-order valence-corrected chi connectivity index (χ1v) is 11.3. The standard InChI is InChI=1S/C22H26N4O4S/c23-20-17-7-6-15(30-22(28)25-13-16-4-2-10-29-16)11-18(17)31-21(20)26-19(27)8-5-14-3-1-9-24-12-14/h1,3,5,8-9,12,15-16H,2,4,6-7,10-11,13,23H2,(H,25,28)(H,26,27)/b8-5+. The predicted octanol–water partition coefficient (Wildman–Crippen LogP) is 3.14. The summed E-state index contributed by atoms with van der Waals surface area (Å²) in [5.41, 5.74) is 8.75. The second-order valence-electron chi connectivity index (χ2n) is 7.64. The molecule has 2 aromatic heterocycles. The quantitative estimate of drug-likeness (QED) is 0.592. The number of hydrogen-bond acceptors (Lipinski definition) is 7. The van der Waals surface area contributed by atoms with Crippen LogP contribution in [0.3, 0.4) is 0 Å². The number of alkyl carbamates (subject to hydrolysis) is 1. The van der Waals surface area contributed by atoms with Crippen LogP contribution >= 0.6 is 11.3 Å². The van der Waals surface area contributed by atoms with Crippen LogP contribution < -0.4 is 16.4 Å². The molecule has 0 aromatic carbocycles. The summed E-state index contributed by atoms with van der Waals surface area (Å²) in [6.45, 7) is 1.23. The fourth-order valence-corrected chi connectivity index (χ4v) is 5.00. The number of hydrogen-bond donors (Lipinski definition) is 3. The highest BCUT2D eigenvalue weighted by molar-refractivity contribution is 7.17. The number of carbonyl (C=O) groups is 2. The van der Waals surface area contributed by atoms with Crippen LogP contribution in [-0.4, -0.2) is 42.3 Å². The lowest BCUT2D eigenvalue weighted by atomic mass is 9.95. The molecule has 0 spiro atoms. The van der Waals surface area contributed by atoms with Crippen LogP contribution in [0.5, 0.6) is 0 Å². The minimum absolute atomic E-state index is 0.0842. The molecule has 31 heavy (non-hydrogen) atoms. The number of ether oxygens (including phenoxy) is 2. The number of aromatic nitrogens is 1. The van der Waals surface area contributed by atoms with E-state index in [9.17, 15) is 9.59 Å². The van der Waals surface area contributed by atoms with Crippen LogP contribution in [0, 0.1) is 0 Å². The molecule has 9 heteroatoms. The van der Waals surface area contributed by atoms with Crippen molar-refractivity contribution in [3.63, 3.8) is 0 Å². The Labute approximate surface area is 184 Å². The van der Waals surface area contributed by atoms with Crippen molar-refractivity contribution in [1.82, 2.24) is 10.3 Å². The highest BCUT2D eigenvalue weighted by Crippen LogP contribution is 2.40. The molecular formula is C22H26N4O4S. The number of fused-ring (bicyclic) bond motifs is 1. The number of amides is 2. The Hall–Kier alpha value is -2.91. The number of rotatable bonds is 6. The summed E-state index contributed by atoms with van der Waals surface area (Å²) in [6, 6.07) is 3.68. The maximum atomic E-state index is 12.3. The molecule has 4 N–H and O–H groups in total. The molecule has 3 heterocycles. The van der Waals surface area contributed by atoms with Crippen molar-refractivity contribution < 1.29 is 19.1 Å². The first kappa shape index (κ1) is 21.3. The second-order valence-corrected chi connectivity index (χ2v) is 8.75. The van der Waals surface area contributed by atoms with Crippen molar-refractivity contribution in [3.8, 4) is 0 Å². The third kappa shape index (κ3) is 5.62. The molecule has 1 fully saturated rings. The first-order chi connectivity index (χ1) is 15.1. The molecule has 2 aliphatic rings. The molecule has 1 aliphatic carbocycles. The molecule has 0 radical (unpaired) electrons.